The molecule has 0 heterocycles. The zero-order valence-electron chi connectivity index (χ0n) is 11.3. The molecule has 2 rings (SSSR count). The van der Waals surface area contributed by atoms with Crippen molar-refractivity contribution in [3.05, 3.63) is 71.5 Å². The Bertz CT molecular complexity index is 554. The van der Waals surface area contributed by atoms with E-state index in [0.717, 1.165) is 11.1 Å². The molecule has 1 atom stereocenters. The fourth-order valence-electron chi connectivity index (χ4n) is 1.86. The normalized spacial score (nSPS) is 11.7. The second-order valence-electron chi connectivity index (χ2n) is 4.59. The van der Waals surface area contributed by atoms with Gasteiger partial charge in [-0.15, -0.1) is 0 Å². The van der Waals surface area contributed by atoms with Crippen LogP contribution in [0.25, 0.3) is 0 Å². The Morgan fingerprint density at radius 1 is 1.10 bits per heavy atom. The topological polar surface area (TPSA) is 41.1 Å². The number of carbonyl (C=O) groups is 1. The molecule has 0 aromatic heterocycles. The molecule has 4 heteroatoms. The van der Waals surface area contributed by atoms with Gasteiger partial charge in [0.15, 0.2) is 0 Å². The summed E-state index contributed by atoms with van der Waals surface area (Å²) < 4.78 is 12.8. The third kappa shape index (κ3) is 4.09. The van der Waals surface area contributed by atoms with Gasteiger partial charge in [-0.2, -0.15) is 0 Å². The standard InChI is InChI=1S/C16H17FN2O/c1-12(14-7-9-15(17)10-8-14)19-16(20)18-11-13-5-3-2-4-6-13/h2-10,12H,11H2,1H3,(H2,18,19,20). The van der Waals surface area contributed by atoms with Crippen molar-refractivity contribution in [1.29, 1.82) is 0 Å². The van der Waals surface area contributed by atoms with E-state index in [1.54, 1.807) is 12.1 Å². The molecule has 0 aliphatic rings. The van der Waals surface area contributed by atoms with E-state index >= 15 is 0 Å². The molecule has 0 aliphatic heterocycles. The van der Waals surface area contributed by atoms with Crippen LogP contribution in [-0.2, 0) is 6.54 Å². The highest BCUT2D eigenvalue weighted by Gasteiger charge is 2.08. The average molecular weight is 272 g/mol. The van der Waals surface area contributed by atoms with Crippen LogP contribution in [0.2, 0.25) is 0 Å². The van der Waals surface area contributed by atoms with Gasteiger partial charge in [0.25, 0.3) is 0 Å². The molecule has 2 aromatic rings. The van der Waals surface area contributed by atoms with E-state index in [1.165, 1.54) is 12.1 Å². The summed E-state index contributed by atoms with van der Waals surface area (Å²) in [5.74, 6) is -0.283. The predicted octanol–water partition coefficient (Wildman–Crippen LogP) is 3.39. The van der Waals surface area contributed by atoms with Crippen molar-refractivity contribution in [1.82, 2.24) is 10.6 Å². The SMILES string of the molecule is CC(NC(=O)NCc1ccccc1)c1ccc(F)cc1. The van der Waals surface area contributed by atoms with Crippen LogP contribution in [0.15, 0.2) is 54.6 Å². The summed E-state index contributed by atoms with van der Waals surface area (Å²) in [5, 5.41) is 5.60. The van der Waals surface area contributed by atoms with Gasteiger partial charge in [0.1, 0.15) is 5.82 Å². The lowest BCUT2D eigenvalue weighted by molar-refractivity contribution is 0.237. The second-order valence-corrected chi connectivity index (χ2v) is 4.59. The van der Waals surface area contributed by atoms with E-state index in [-0.39, 0.29) is 17.9 Å². The third-order valence-corrected chi connectivity index (χ3v) is 3.01. The van der Waals surface area contributed by atoms with Gasteiger partial charge in [-0.3, -0.25) is 0 Å². The highest BCUT2D eigenvalue weighted by molar-refractivity contribution is 5.74. The van der Waals surface area contributed by atoms with Gasteiger partial charge in [0.2, 0.25) is 0 Å². The van der Waals surface area contributed by atoms with E-state index in [9.17, 15) is 9.18 Å². The smallest absolute Gasteiger partial charge is 0.315 e. The molecule has 20 heavy (non-hydrogen) atoms. The summed E-state index contributed by atoms with van der Waals surface area (Å²) in [6.07, 6.45) is 0. The fourth-order valence-corrected chi connectivity index (χ4v) is 1.86. The Balaban J connectivity index is 1.83. The number of halogens is 1. The second kappa shape index (κ2) is 6.70. The molecule has 1 unspecified atom stereocenters. The summed E-state index contributed by atoms with van der Waals surface area (Å²) in [6.45, 7) is 2.33. The van der Waals surface area contributed by atoms with Crippen molar-refractivity contribution in [2.24, 2.45) is 0 Å². The molecule has 0 radical (unpaired) electrons. The maximum Gasteiger partial charge on any atom is 0.315 e. The van der Waals surface area contributed by atoms with E-state index < -0.39 is 0 Å². The highest BCUT2D eigenvalue weighted by Crippen LogP contribution is 2.12. The lowest BCUT2D eigenvalue weighted by Gasteiger charge is -2.15. The quantitative estimate of drug-likeness (QED) is 0.880. The Morgan fingerprint density at radius 3 is 2.40 bits per heavy atom. The van der Waals surface area contributed by atoms with E-state index in [2.05, 4.69) is 10.6 Å². The molecule has 0 saturated heterocycles. The minimum Gasteiger partial charge on any atom is -0.334 e. The number of hydrogen-bond acceptors (Lipinski definition) is 1. The van der Waals surface area contributed by atoms with E-state index in [4.69, 9.17) is 0 Å². The van der Waals surface area contributed by atoms with Crippen molar-refractivity contribution < 1.29 is 9.18 Å². The van der Waals surface area contributed by atoms with Gasteiger partial charge < -0.3 is 10.6 Å². The number of amides is 2. The first-order chi connectivity index (χ1) is 9.65. The van der Waals surface area contributed by atoms with Crippen LogP contribution in [0.1, 0.15) is 24.1 Å². The van der Waals surface area contributed by atoms with Crippen LogP contribution >= 0.6 is 0 Å². The Morgan fingerprint density at radius 2 is 1.75 bits per heavy atom. The van der Waals surface area contributed by atoms with Crippen molar-refractivity contribution in [2.45, 2.75) is 19.5 Å². The number of urea groups is 1. The van der Waals surface area contributed by atoms with Gasteiger partial charge in [-0.25, -0.2) is 9.18 Å². The molecule has 2 N–H and O–H groups in total. The largest absolute Gasteiger partial charge is 0.334 e. The first kappa shape index (κ1) is 14.1. The average Bonchev–Trinajstić information content (AvgIpc) is 2.47. The monoisotopic (exact) mass is 272 g/mol. The molecule has 2 amide bonds. The Hall–Kier alpha value is -2.36. The number of hydrogen-bond donors (Lipinski definition) is 2. The van der Waals surface area contributed by atoms with Gasteiger partial charge in [0, 0.05) is 6.54 Å². The maximum atomic E-state index is 12.8. The van der Waals surface area contributed by atoms with Crippen molar-refractivity contribution in [2.75, 3.05) is 0 Å². The van der Waals surface area contributed by atoms with E-state index in [0.29, 0.717) is 6.54 Å². The first-order valence-electron chi connectivity index (χ1n) is 6.49. The van der Waals surface area contributed by atoms with Crippen LogP contribution in [0.5, 0.6) is 0 Å². The molecule has 0 fully saturated rings. The lowest BCUT2D eigenvalue weighted by atomic mass is 10.1. The van der Waals surface area contributed by atoms with Gasteiger partial charge in [-0.1, -0.05) is 42.5 Å². The minimum absolute atomic E-state index is 0.175. The molecule has 2 aromatic carbocycles. The lowest BCUT2D eigenvalue weighted by Crippen LogP contribution is -2.36. The molecule has 0 bridgehead atoms. The maximum absolute atomic E-state index is 12.8. The molecule has 0 saturated carbocycles. The van der Waals surface area contributed by atoms with E-state index in [1.807, 2.05) is 37.3 Å². The fraction of sp³-hybridized carbons (Fsp3) is 0.188. The van der Waals surface area contributed by atoms with Crippen LogP contribution < -0.4 is 10.6 Å². The molecular weight excluding hydrogens is 255 g/mol. The van der Waals surface area contributed by atoms with Crippen molar-refractivity contribution >= 4 is 6.03 Å². The zero-order chi connectivity index (χ0) is 14.4. The number of benzene rings is 2. The van der Waals surface area contributed by atoms with Gasteiger partial charge in [-0.05, 0) is 30.2 Å². The summed E-state index contributed by atoms with van der Waals surface area (Å²) in [4.78, 5) is 11.8. The first-order valence-corrected chi connectivity index (χ1v) is 6.49. The molecule has 104 valence electrons. The number of rotatable bonds is 4. The molecule has 0 aliphatic carbocycles. The molecule has 0 spiro atoms. The van der Waals surface area contributed by atoms with Crippen LogP contribution in [0, 0.1) is 5.82 Å². The summed E-state index contributed by atoms with van der Waals surface area (Å²) >= 11 is 0. The summed E-state index contributed by atoms with van der Waals surface area (Å²) in [7, 11) is 0. The third-order valence-electron chi connectivity index (χ3n) is 3.01. The molecule has 3 nitrogen and oxygen atoms in total. The van der Waals surface area contributed by atoms with Crippen LogP contribution in [0.3, 0.4) is 0 Å². The summed E-state index contributed by atoms with van der Waals surface area (Å²) in [5.41, 5.74) is 1.90. The van der Waals surface area contributed by atoms with Gasteiger partial charge in [0.05, 0.1) is 6.04 Å². The Labute approximate surface area is 117 Å². The number of carbonyl (C=O) groups excluding carboxylic acids is 1. The highest BCUT2D eigenvalue weighted by atomic mass is 19.1. The van der Waals surface area contributed by atoms with Crippen molar-refractivity contribution in [3.63, 3.8) is 0 Å². The summed E-state index contributed by atoms with van der Waals surface area (Å²) in [6, 6.07) is 15.4. The van der Waals surface area contributed by atoms with Crippen molar-refractivity contribution in [3.8, 4) is 0 Å². The minimum atomic E-state index is -0.283. The predicted molar refractivity (Wildman–Crippen MR) is 76.6 cm³/mol. The van der Waals surface area contributed by atoms with Crippen LogP contribution in [-0.4, -0.2) is 6.03 Å². The van der Waals surface area contributed by atoms with Crippen LogP contribution in [0.4, 0.5) is 9.18 Å². The van der Waals surface area contributed by atoms with Gasteiger partial charge >= 0.3 is 6.03 Å². The number of nitrogens with one attached hydrogen (secondary N) is 2. The Kier molecular flexibility index (Phi) is 4.71. The molecular formula is C16H17FN2O. The zero-order valence-corrected chi connectivity index (χ0v) is 11.3.